The van der Waals surface area contributed by atoms with Crippen molar-refractivity contribution in [3.05, 3.63) is 70.8 Å². The second kappa shape index (κ2) is 8.52. The number of hydrogen-bond donors (Lipinski definition) is 0. The van der Waals surface area contributed by atoms with E-state index in [4.69, 9.17) is 0 Å². The van der Waals surface area contributed by atoms with E-state index in [0.29, 0.717) is 12.8 Å². The fourth-order valence-electron chi connectivity index (χ4n) is 3.40. The van der Waals surface area contributed by atoms with Crippen LogP contribution in [0.5, 0.6) is 0 Å². The minimum absolute atomic E-state index is 0.186. The summed E-state index contributed by atoms with van der Waals surface area (Å²) in [7, 11) is 0. The van der Waals surface area contributed by atoms with Crippen LogP contribution < -0.4 is 4.90 Å². The van der Waals surface area contributed by atoms with Crippen LogP contribution in [0.4, 0.5) is 10.1 Å². The van der Waals surface area contributed by atoms with Crippen LogP contribution in [0.2, 0.25) is 0 Å². The maximum absolute atomic E-state index is 13.1. The zero-order valence-electron chi connectivity index (χ0n) is 15.6. The van der Waals surface area contributed by atoms with E-state index >= 15 is 0 Å². The Labute approximate surface area is 168 Å². The number of hydrogen-bond acceptors (Lipinski definition) is 4. The first-order valence-electron chi connectivity index (χ1n) is 9.47. The Morgan fingerprint density at radius 1 is 1.00 bits per heavy atom. The van der Waals surface area contributed by atoms with Gasteiger partial charge in [0.15, 0.2) is 0 Å². The summed E-state index contributed by atoms with van der Waals surface area (Å²) < 4.78 is 13.1. The normalized spacial score (nSPS) is 14.3. The summed E-state index contributed by atoms with van der Waals surface area (Å²) in [5, 5.41) is 2.90. The van der Waals surface area contributed by atoms with Crippen LogP contribution >= 0.6 is 11.3 Å². The molecule has 1 fully saturated rings. The largest absolute Gasteiger partial charge is 0.368 e. The number of nitrogens with zero attached hydrogens (tertiary/aromatic N) is 3. The maximum atomic E-state index is 13.1. The molecule has 0 N–H and O–H groups in total. The second-order valence-corrected chi connectivity index (χ2v) is 7.78. The number of thiazole rings is 1. The molecule has 1 aliphatic heterocycles. The molecule has 28 heavy (non-hydrogen) atoms. The van der Waals surface area contributed by atoms with Gasteiger partial charge in [-0.1, -0.05) is 18.2 Å². The summed E-state index contributed by atoms with van der Waals surface area (Å²) in [5.74, 6) is -0.0663. The second-order valence-electron chi connectivity index (χ2n) is 6.84. The van der Waals surface area contributed by atoms with Crippen molar-refractivity contribution < 1.29 is 9.18 Å². The molecule has 0 radical (unpaired) electrons. The molecule has 1 aliphatic rings. The fourth-order valence-corrected chi connectivity index (χ4v) is 4.21. The molecule has 0 spiro atoms. The zero-order valence-corrected chi connectivity index (χ0v) is 16.4. The Morgan fingerprint density at radius 2 is 1.71 bits per heavy atom. The van der Waals surface area contributed by atoms with Gasteiger partial charge in [-0.15, -0.1) is 11.3 Å². The molecule has 3 aromatic rings. The molecular formula is C22H22FN3OS. The lowest BCUT2D eigenvalue weighted by molar-refractivity contribution is -0.131. The number of amides is 1. The Balaban J connectivity index is 1.28. The molecule has 6 heteroatoms. The SMILES string of the molecule is O=C(CCc1nc(-c2ccc(F)cc2)cs1)N1CCN(c2ccccc2)CC1. The smallest absolute Gasteiger partial charge is 0.223 e. The Kier molecular flexibility index (Phi) is 5.67. The molecule has 0 aliphatic carbocycles. The summed E-state index contributed by atoms with van der Waals surface area (Å²) in [5.41, 5.74) is 2.95. The van der Waals surface area contributed by atoms with Crippen LogP contribution in [0.15, 0.2) is 60.0 Å². The number of aryl methyl sites for hydroxylation is 1. The molecule has 4 nitrogen and oxygen atoms in total. The standard InChI is InChI=1S/C22H22FN3OS/c23-18-8-6-17(7-9-18)20-16-28-21(24-20)10-11-22(27)26-14-12-25(13-15-26)19-4-2-1-3-5-19/h1-9,16H,10-15H2. The van der Waals surface area contributed by atoms with Crippen molar-refractivity contribution in [3.8, 4) is 11.3 Å². The number of halogens is 1. The van der Waals surface area contributed by atoms with Gasteiger partial charge in [0.2, 0.25) is 5.91 Å². The highest BCUT2D eigenvalue weighted by molar-refractivity contribution is 7.09. The van der Waals surface area contributed by atoms with E-state index in [9.17, 15) is 9.18 Å². The summed E-state index contributed by atoms with van der Waals surface area (Å²) in [6.45, 7) is 3.24. The number of rotatable bonds is 5. The molecule has 1 aromatic heterocycles. The van der Waals surface area contributed by atoms with Crippen molar-refractivity contribution in [1.82, 2.24) is 9.88 Å². The molecule has 0 unspecified atom stereocenters. The average molecular weight is 396 g/mol. The molecule has 144 valence electrons. The van der Waals surface area contributed by atoms with Crippen molar-refractivity contribution in [2.45, 2.75) is 12.8 Å². The predicted molar refractivity (Wildman–Crippen MR) is 111 cm³/mol. The zero-order chi connectivity index (χ0) is 19.3. The van der Waals surface area contributed by atoms with Crippen LogP contribution in [0, 0.1) is 5.82 Å². The molecule has 4 rings (SSSR count). The van der Waals surface area contributed by atoms with Crippen molar-refractivity contribution in [2.75, 3.05) is 31.1 Å². The minimum atomic E-state index is -0.253. The maximum Gasteiger partial charge on any atom is 0.223 e. The monoisotopic (exact) mass is 395 g/mol. The number of piperazine rings is 1. The summed E-state index contributed by atoms with van der Waals surface area (Å²) in [4.78, 5) is 21.4. The third-order valence-electron chi connectivity index (χ3n) is 5.00. The van der Waals surface area contributed by atoms with Crippen LogP contribution in [0.3, 0.4) is 0 Å². The van der Waals surface area contributed by atoms with E-state index in [0.717, 1.165) is 42.4 Å². The van der Waals surface area contributed by atoms with Gasteiger partial charge in [-0.05, 0) is 36.4 Å². The van der Waals surface area contributed by atoms with Gasteiger partial charge < -0.3 is 9.80 Å². The van der Waals surface area contributed by atoms with Gasteiger partial charge >= 0.3 is 0 Å². The van der Waals surface area contributed by atoms with Gasteiger partial charge in [-0.25, -0.2) is 9.37 Å². The van der Waals surface area contributed by atoms with E-state index in [1.54, 1.807) is 23.5 Å². The summed E-state index contributed by atoms with van der Waals surface area (Å²) >= 11 is 1.55. The van der Waals surface area contributed by atoms with E-state index in [1.807, 2.05) is 28.5 Å². The fraction of sp³-hybridized carbons (Fsp3) is 0.273. The highest BCUT2D eigenvalue weighted by Crippen LogP contribution is 2.23. The molecule has 1 saturated heterocycles. The molecule has 1 amide bonds. The molecule has 0 bridgehead atoms. The highest BCUT2D eigenvalue weighted by atomic mass is 32.1. The first-order valence-corrected chi connectivity index (χ1v) is 10.3. The van der Waals surface area contributed by atoms with Gasteiger partial charge in [0.25, 0.3) is 0 Å². The molecule has 0 saturated carbocycles. The Morgan fingerprint density at radius 3 is 2.43 bits per heavy atom. The van der Waals surface area contributed by atoms with Gasteiger partial charge in [0, 0.05) is 55.7 Å². The van der Waals surface area contributed by atoms with Gasteiger partial charge in [-0.2, -0.15) is 0 Å². The number of anilines is 1. The molecular weight excluding hydrogens is 373 g/mol. The molecule has 2 aromatic carbocycles. The van der Waals surface area contributed by atoms with Crippen molar-refractivity contribution in [2.24, 2.45) is 0 Å². The van der Waals surface area contributed by atoms with Crippen LogP contribution in [-0.2, 0) is 11.2 Å². The quantitative estimate of drug-likeness (QED) is 0.649. The Bertz CT molecular complexity index is 918. The van der Waals surface area contributed by atoms with Crippen molar-refractivity contribution in [1.29, 1.82) is 0 Å². The number of carbonyl (C=O) groups excluding carboxylic acids is 1. The summed E-state index contributed by atoms with van der Waals surface area (Å²) in [6.07, 6.45) is 1.12. The van der Waals surface area contributed by atoms with Crippen LogP contribution in [0.25, 0.3) is 11.3 Å². The number of benzene rings is 2. The lowest BCUT2D eigenvalue weighted by Gasteiger charge is -2.36. The third kappa shape index (κ3) is 4.39. The van der Waals surface area contributed by atoms with E-state index in [2.05, 4.69) is 22.0 Å². The third-order valence-corrected chi connectivity index (χ3v) is 5.91. The topological polar surface area (TPSA) is 36.4 Å². The van der Waals surface area contributed by atoms with Gasteiger partial charge in [0.1, 0.15) is 5.82 Å². The Hall–Kier alpha value is -2.73. The lowest BCUT2D eigenvalue weighted by Crippen LogP contribution is -2.48. The van der Waals surface area contributed by atoms with Gasteiger partial charge in [0.05, 0.1) is 10.7 Å². The van der Waals surface area contributed by atoms with E-state index in [1.165, 1.54) is 17.8 Å². The average Bonchev–Trinajstić information content (AvgIpc) is 3.22. The predicted octanol–water partition coefficient (Wildman–Crippen LogP) is 4.23. The number of carbonyl (C=O) groups is 1. The van der Waals surface area contributed by atoms with Crippen molar-refractivity contribution >= 4 is 22.9 Å². The highest BCUT2D eigenvalue weighted by Gasteiger charge is 2.21. The number of aromatic nitrogens is 1. The van der Waals surface area contributed by atoms with Gasteiger partial charge in [-0.3, -0.25) is 4.79 Å². The molecule has 0 atom stereocenters. The first kappa shape index (κ1) is 18.6. The first-order chi connectivity index (χ1) is 13.7. The molecule has 2 heterocycles. The van der Waals surface area contributed by atoms with Crippen molar-refractivity contribution in [3.63, 3.8) is 0 Å². The summed E-state index contributed by atoms with van der Waals surface area (Å²) in [6, 6.07) is 16.7. The lowest BCUT2D eigenvalue weighted by atomic mass is 10.2. The van der Waals surface area contributed by atoms with E-state index < -0.39 is 0 Å². The van der Waals surface area contributed by atoms with Crippen LogP contribution in [0.1, 0.15) is 11.4 Å². The number of para-hydroxylation sites is 1. The minimum Gasteiger partial charge on any atom is -0.368 e. The van der Waals surface area contributed by atoms with Crippen LogP contribution in [-0.4, -0.2) is 42.0 Å². The van der Waals surface area contributed by atoms with E-state index in [-0.39, 0.29) is 11.7 Å².